The van der Waals surface area contributed by atoms with E-state index in [1.807, 2.05) is 18.2 Å². The number of hydrogen-bond donors (Lipinski definition) is 2. The topological polar surface area (TPSA) is 84.2 Å². The van der Waals surface area contributed by atoms with Crippen molar-refractivity contribution in [3.05, 3.63) is 106 Å². The Bertz CT molecular complexity index is 1270. The molecule has 7 heteroatoms. The average Bonchev–Trinajstić information content (AvgIpc) is 2.78. The molecule has 4 rings (SSSR count). The van der Waals surface area contributed by atoms with Crippen molar-refractivity contribution in [2.45, 2.75) is 6.10 Å². The van der Waals surface area contributed by atoms with E-state index in [9.17, 15) is 19.1 Å². The second kappa shape index (κ2) is 8.26. The molecule has 2 N–H and O–H groups in total. The third-order valence-electron chi connectivity index (χ3n) is 4.77. The minimum absolute atomic E-state index is 0.0448. The molecule has 6 nitrogen and oxygen atoms in total. The van der Waals surface area contributed by atoms with Gasteiger partial charge in [0.2, 0.25) is 0 Å². The molecular weight excluding hydrogens is 385 g/mol. The minimum Gasteiger partial charge on any atom is -0.387 e. The van der Waals surface area contributed by atoms with Gasteiger partial charge in [-0.15, -0.1) is 0 Å². The first-order valence-electron chi connectivity index (χ1n) is 9.32. The van der Waals surface area contributed by atoms with Crippen LogP contribution in [0.3, 0.4) is 0 Å². The minimum atomic E-state index is -0.832. The maximum absolute atomic E-state index is 14.0. The van der Waals surface area contributed by atoms with E-state index in [0.717, 1.165) is 4.57 Å². The molecule has 150 valence electrons. The molecule has 0 aliphatic carbocycles. The molecule has 0 fully saturated rings. The zero-order chi connectivity index (χ0) is 21.1. The van der Waals surface area contributed by atoms with Crippen molar-refractivity contribution in [2.24, 2.45) is 0 Å². The maximum atomic E-state index is 14.0. The van der Waals surface area contributed by atoms with Gasteiger partial charge < -0.3 is 10.4 Å². The predicted octanol–water partition coefficient (Wildman–Crippen LogP) is 2.99. The van der Waals surface area contributed by atoms with E-state index in [1.54, 1.807) is 18.2 Å². The summed E-state index contributed by atoms with van der Waals surface area (Å²) in [6, 6.07) is 19.4. The molecule has 0 aliphatic heterocycles. The maximum Gasteiger partial charge on any atom is 0.265 e. The van der Waals surface area contributed by atoms with Crippen LogP contribution < -0.4 is 10.9 Å². The Morgan fingerprint density at radius 2 is 1.80 bits per heavy atom. The summed E-state index contributed by atoms with van der Waals surface area (Å²) in [4.78, 5) is 29.4. The smallest absolute Gasteiger partial charge is 0.265 e. The summed E-state index contributed by atoms with van der Waals surface area (Å²) < 4.78 is 15.2. The van der Waals surface area contributed by atoms with E-state index in [0.29, 0.717) is 16.6 Å². The average molecular weight is 403 g/mol. The van der Waals surface area contributed by atoms with E-state index >= 15 is 0 Å². The van der Waals surface area contributed by atoms with E-state index in [4.69, 9.17) is 0 Å². The van der Waals surface area contributed by atoms with Gasteiger partial charge in [-0.25, -0.2) is 9.37 Å². The fourth-order valence-electron chi connectivity index (χ4n) is 3.17. The number of aliphatic hydroxyl groups excluding tert-OH is 1. The van der Waals surface area contributed by atoms with Gasteiger partial charge in [0.25, 0.3) is 11.5 Å². The third-order valence-corrected chi connectivity index (χ3v) is 4.77. The number of nitrogens with zero attached hydrogens (tertiary/aromatic N) is 2. The molecule has 1 heterocycles. The van der Waals surface area contributed by atoms with Gasteiger partial charge in [0.15, 0.2) is 0 Å². The summed E-state index contributed by atoms with van der Waals surface area (Å²) >= 11 is 0. The number of halogens is 1. The lowest BCUT2D eigenvalue weighted by Crippen LogP contribution is -2.28. The molecule has 1 aromatic heterocycles. The van der Waals surface area contributed by atoms with Crippen LogP contribution in [0.5, 0.6) is 0 Å². The highest BCUT2D eigenvalue weighted by atomic mass is 19.1. The van der Waals surface area contributed by atoms with Gasteiger partial charge in [0, 0.05) is 12.1 Å². The summed E-state index contributed by atoms with van der Waals surface area (Å²) in [7, 11) is 0. The van der Waals surface area contributed by atoms with Crippen LogP contribution in [0.15, 0.2) is 83.9 Å². The summed E-state index contributed by atoms with van der Waals surface area (Å²) in [5.41, 5.74) is 0.999. The summed E-state index contributed by atoms with van der Waals surface area (Å²) in [6.07, 6.45) is 0.408. The second-order valence-corrected chi connectivity index (χ2v) is 6.74. The molecule has 0 saturated heterocycles. The lowest BCUT2D eigenvalue weighted by atomic mass is 10.1. The van der Waals surface area contributed by atoms with Gasteiger partial charge in [-0.3, -0.25) is 14.2 Å². The van der Waals surface area contributed by atoms with Crippen molar-refractivity contribution in [1.82, 2.24) is 14.9 Å². The zero-order valence-corrected chi connectivity index (χ0v) is 15.8. The van der Waals surface area contributed by atoms with Gasteiger partial charge in [-0.1, -0.05) is 42.5 Å². The Hall–Kier alpha value is -3.84. The van der Waals surface area contributed by atoms with Crippen LogP contribution in [0.4, 0.5) is 4.39 Å². The highest BCUT2D eigenvalue weighted by molar-refractivity contribution is 5.97. The molecule has 0 radical (unpaired) electrons. The van der Waals surface area contributed by atoms with Gasteiger partial charge in [0.05, 0.1) is 22.7 Å². The predicted molar refractivity (Wildman–Crippen MR) is 111 cm³/mol. The molecule has 3 aromatic carbocycles. The fraction of sp³-hybridized carbons (Fsp3) is 0.0870. The highest BCUT2D eigenvalue weighted by Gasteiger charge is 2.14. The molecule has 1 amide bonds. The molecule has 0 unspecified atom stereocenters. The van der Waals surface area contributed by atoms with E-state index < -0.39 is 23.4 Å². The third kappa shape index (κ3) is 3.83. The number of amides is 1. The lowest BCUT2D eigenvalue weighted by molar-refractivity contribution is 0.0916. The van der Waals surface area contributed by atoms with E-state index in [1.165, 1.54) is 42.7 Å². The summed E-state index contributed by atoms with van der Waals surface area (Å²) in [5.74, 6) is -0.930. The Labute approximate surface area is 171 Å². The number of carbonyl (C=O) groups excluding carboxylic acids is 1. The van der Waals surface area contributed by atoms with Crippen LogP contribution in [-0.2, 0) is 0 Å². The molecule has 0 aliphatic rings. The zero-order valence-electron chi connectivity index (χ0n) is 15.8. The van der Waals surface area contributed by atoms with Crippen molar-refractivity contribution in [2.75, 3.05) is 6.54 Å². The van der Waals surface area contributed by atoms with Crippen LogP contribution in [-0.4, -0.2) is 27.1 Å². The van der Waals surface area contributed by atoms with Crippen LogP contribution in [0.2, 0.25) is 0 Å². The Kier molecular flexibility index (Phi) is 5.36. The number of fused-ring (bicyclic) bond motifs is 1. The van der Waals surface area contributed by atoms with Crippen molar-refractivity contribution in [1.29, 1.82) is 0 Å². The van der Waals surface area contributed by atoms with Crippen molar-refractivity contribution in [3.8, 4) is 5.69 Å². The Balaban J connectivity index is 1.56. The molecular formula is C23H18FN3O3. The first kappa shape index (κ1) is 19.5. The number of hydrogen-bond acceptors (Lipinski definition) is 4. The first-order valence-corrected chi connectivity index (χ1v) is 9.32. The molecule has 0 saturated carbocycles. The Morgan fingerprint density at radius 3 is 2.57 bits per heavy atom. The van der Waals surface area contributed by atoms with Gasteiger partial charge in [0.1, 0.15) is 12.1 Å². The van der Waals surface area contributed by atoms with Crippen molar-refractivity contribution >= 4 is 16.8 Å². The number of benzene rings is 3. The molecule has 4 aromatic rings. The lowest BCUT2D eigenvalue weighted by Gasteiger charge is -2.12. The number of aliphatic hydroxyl groups is 1. The number of rotatable bonds is 5. The summed E-state index contributed by atoms with van der Waals surface area (Å²) in [6.45, 7) is 0.0448. The molecule has 0 bridgehead atoms. The number of carbonyl (C=O) groups is 1. The van der Waals surface area contributed by atoms with Crippen molar-refractivity contribution in [3.63, 3.8) is 0 Å². The van der Waals surface area contributed by atoms with E-state index in [2.05, 4.69) is 10.3 Å². The quantitative estimate of drug-likeness (QED) is 0.537. The largest absolute Gasteiger partial charge is 0.387 e. The Morgan fingerprint density at radius 1 is 1.07 bits per heavy atom. The van der Waals surface area contributed by atoms with Gasteiger partial charge in [-0.2, -0.15) is 0 Å². The van der Waals surface area contributed by atoms with Crippen LogP contribution in [0.25, 0.3) is 16.6 Å². The molecule has 1 atom stereocenters. The number of nitrogens with one attached hydrogen (secondary N) is 1. The van der Waals surface area contributed by atoms with Crippen LogP contribution >= 0.6 is 0 Å². The fourth-order valence-corrected chi connectivity index (χ4v) is 3.17. The molecule has 30 heavy (non-hydrogen) atoms. The first-order chi connectivity index (χ1) is 14.5. The van der Waals surface area contributed by atoms with Crippen LogP contribution in [0.1, 0.15) is 22.0 Å². The van der Waals surface area contributed by atoms with Crippen LogP contribution in [0, 0.1) is 5.82 Å². The summed E-state index contributed by atoms with van der Waals surface area (Å²) in [5, 5.41) is 13.1. The van der Waals surface area contributed by atoms with Gasteiger partial charge in [-0.05, 0) is 35.9 Å². The SMILES string of the molecule is O=C(NC[C@H](O)c1ccccc1)c1ccc2c(=O)n(-c3ccccc3F)cnc2c1. The number of para-hydroxylation sites is 1. The highest BCUT2D eigenvalue weighted by Crippen LogP contribution is 2.15. The standard InChI is InChI=1S/C23H18FN3O3/c24-18-8-4-5-9-20(18)27-14-26-19-12-16(10-11-17(19)23(27)30)22(29)25-13-21(28)15-6-2-1-3-7-15/h1-12,14,21,28H,13H2,(H,25,29)/t21-/m0/s1. The van der Waals surface area contributed by atoms with E-state index in [-0.39, 0.29) is 17.6 Å². The van der Waals surface area contributed by atoms with Crippen molar-refractivity contribution < 1.29 is 14.3 Å². The monoisotopic (exact) mass is 403 g/mol. The molecule has 0 spiro atoms. The normalized spacial score (nSPS) is 11.9. The second-order valence-electron chi connectivity index (χ2n) is 6.74. The number of aromatic nitrogens is 2. The van der Waals surface area contributed by atoms with Gasteiger partial charge >= 0.3 is 0 Å².